The number of pyridine rings is 1. The van der Waals surface area contributed by atoms with E-state index < -0.39 is 0 Å². The summed E-state index contributed by atoms with van der Waals surface area (Å²) in [5.74, 6) is 1.47. The van der Waals surface area contributed by atoms with Gasteiger partial charge < -0.3 is 10.1 Å². The number of hydrogen-bond donors (Lipinski definition) is 1. The van der Waals surface area contributed by atoms with Crippen molar-refractivity contribution >= 4 is 15.9 Å². The zero-order valence-electron chi connectivity index (χ0n) is 12.0. The molecule has 1 N–H and O–H groups in total. The fraction of sp³-hybridized carbons (Fsp3) is 0.312. The highest BCUT2D eigenvalue weighted by atomic mass is 79.9. The second kappa shape index (κ2) is 6.86. The molecule has 106 valence electrons. The third kappa shape index (κ3) is 3.81. The van der Waals surface area contributed by atoms with Crippen LogP contribution in [0, 0.1) is 13.8 Å². The number of benzene rings is 1. The summed E-state index contributed by atoms with van der Waals surface area (Å²) in [6, 6.07) is 9.93. The van der Waals surface area contributed by atoms with Gasteiger partial charge in [-0.3, -0.25) is 0 Å². The van der Waals surface area contributed by atoms with Crippen molar-refractivity contribution in [2.24, 2.45) is 0 Å². The van der Waals surface area contributed by atoms with Crippen molar-refractivity contribution in [3.05, 3.63) is 51.6 Å². The highest BCUT2D eigenvalue weighted by molar-refractivity contribution is 9.10. The molecular weight excluding hydrogens is 316 g/mol. The number of rotatable bonds is 5. The first-order valence-electron chi connectivity index (χ1n) is 6.71. The maximum atomic E-state index is 5.85. The summed E-state index contributed by atoms with van der Waals surface area (Å²) in [5, 5.41) is 3.30. The molecule has 0 bridgehead atoms. The Morgan fingerprint density at radius 3 is 2.65 bits per heavy atom. The molecule has 0 amide bonds. The van der Waals surface area contributed by atoms with Crippen LogP contribution in [-0.2, 0) is 6.54 Å². The summed E-state index contributed by atoms with van der Waals surface area (Å²) >= 11 is 3.45. The van der Waals surface area contributed by atoms with Crippen LogP contribution in [0.2, 0.25) is 0 Å². The van der Waals surface area contributed by atoms with Gasteiger partial charge >= 0.3 is 0 Å². The lowest BCUT2D eigenvalue weighted by molar-refractivity contribution is 0.457. The van der Waals surface area contributed by atoms with E-state index in [-0.39, 0.29) is 0 Å². The first-order chi connectivity index (χ1) is 9.60. The monoisotopic (exact) mass is 334 g/mol. The molecule has 0 aliphatic rings. The van der Waals surface area contributed by atoms with Crippen LogP contribution in [0.4, 0.5) is 0 Å². The number of aromatic nitrogens is 1. The minimum absolute atomic E-state index is 0.633. The van der Waals surface area contributed by atoms with Crippen LogP contribution in [0.1, 0.15) is 23.7 Å². The quantitative estimate of drug-likeness (QED) is 0.881. The average Bonchev–Trinajstić information content (AvgIpc) is 2.41. The standard InChI is InChI=1S/C16H19BrN2O/c1-4-18-10-13-5-8-16(19-12(13)3)20-15-7-6-14(17)9-11(15)2/h5-9,18H,4,10H2,1-3H3. The molecule has 3 nitrogen and oxygen atoms in total. The van der Waals surface area contributed by atoms with Gasteiger partial charge in [0.2, 0.25) is 5.88 Å². The molecule has 20 heavy (non-hydrogen) atoms. The van der Waals surface area contributed by atoms with Crippen LogP contribution in [0.5, 0.6) is 11.6 Å². The second-order valence-electron chi connectivity index (χ2n) is 4.69. The number of nitrogens with one attached hydrogen (secondary N) is 1. The van der Waals surface area contributed by atoms with Gasteiger partial charge in [0.15, 0.2) is 0 Å². The maximum absolute atomic E-state index is 5.85. The Morgan fingerprint density at radius 1 is 1.20 bits per heavy atom. The lowest BCUT2D eigenvalue weighted by Crippen LogP contribution is -2.13. The van der Waals surface area contributed by atoms with Crippen molar-refractivity contribution < 1.29 is 4.74 Å². The molecule has 0 fully saturated rings. The predicted octanol–water partition coefficient (Wildman–Crippen LogP) is 4.36. The SMILES string of the molecule is CCNCc1ccc(Oc2ccc(Br)cc2C)nc1C. The minimum Gasteiger partial charge on any atom is -0.439 e. The molecule has 0 atom stereocenters. The van der Waals surface area contributed by atoms with Crippen molar-refractivity contribution in [3.8, 4) is 11.6 Å². The number of nitrogens with zero attached hydrogens (tertiary/aromatic N) is 1. The highest BCUT2D eigenvalue weighted by Crippen LogP contribution is 2.26. The summed E-state index contributed by atoms with van der Waals surface area (Å²) in [4.78, 5) is 4.51. The van der Waals surface area contributed by atoms with E-state index in [9.17, 15) is 0 Å². The molecule has 0 unspecified atom stereocenters. The fourth-order valence-corrected chi connectivity index (χ4v) is 2.39. The first-order valence-corrected chi connectivity index (χ1v) is 7.50. The molecule has 1 aromatic heterocycles. The lowest BCUT2D eigenvalue weighted by atomic mass is 10.2. The predicted molar refractivity (Wildman–Crippen MR) is 85.3 cm³/mol. The van der Waals surface area contributed by atoms with Gasteiger partial charge in [0.25, 0.3) is 0 Å². The summed E-state index contributed by atoms with van der Waals surface area (Å²) in [6.07, 6.45) is 0. The van der Waals surface area contributed by atoms with Crippen molar-refractivity contribution in [3.63, 3.8) is 0 Å². The van der Waals surface area contributed by atoms with Gasteiger partial charge in [0.05, 0.1) is 0 Å². The van der Waals surface area contributed by atoms with Crippen LogP contribution in [0.3, 0.4) is 0 Å². The topological polar surface area (TPSA) is 34.1 Å². The molecule has 4 heteroatoms. The number of hydrogen-bond acceptors (Lipinski definition) is 3. The van der Waals surface area contributed by atoms with Crippen molar-refractivity contribution in [2.45, 2.75) is 27.3 Å². The Balaban J connectivity index is 2.15. The molecular formula is C16H19BrN2O. The van der Waals surface area contributed by atoms with Crippen LogP contribution >= 0.6 is 15.9 Å². The van der Waals surface area contributed by atoms with Gasteiger partial charge in [-0.05, 0) is 49.7 Å². The van der Waals surface area contributed by atoms with Gasteiger partial charge in [-0.2, -0.15) is 0 Å². The summed E-state index contributed by atoms with van der Waals surface area (Å²) in [6.45, 7) is 7.92. The zero-order chi connectivity index (χ0) is 14.5. The number of aryl methyl sites for hydroxylation is 2. The molecule has 0 spiro atoms. The van der Waals surface area contributed by atoms with Gasteiger partial charge in [-0.15, -0.1) is 0 Å². The zero-order valence-corrected chi connectivity index (χ0v) is 13.6. The van der Waals surface area contributed by atoms with Crippen molar-refractivity contribution in [1.29, 1.82) is 0 Å². The van der Waals surface area contributed by atoms with Gasteiger partial charge in [-0.25, -0.2) is 4.98 Å². The van der Waals surface area contributed by atoms with Crippen LogP contribution in [0.25, 0.3) is 0 Å². The number of ether oxygens (including phenoxy) is 1. The van der Waals surface area contributed by atoms with E-state index in [0.29, 0.717) is 5.88 Å². The average molecular weight is 335 g/mol. The third-order valence-corrected chi connectivity index (χ3v) is 3.58. The van der Waals surface area contributed by atoms with Gasteiger partial charge in [-0.1, -0.05) is 28.9 Å². The molecule has 2 aromatic rings. The Hall–Kier alpha value is -1.39. The van der Waals surface area contributed by atoms with Gasteiger partial charge in [0.1, 0.15) is 5.75 Å². The van der Waals surface area contributed by atoms with Crippen LogP contribution < -0.4 is 10.1 Å². The lowest BCUT2D eigenvalue weighted by Gasteiger charge is -2.11. The summed E-state index contributed by atoms with van der Waals surface area (Å²) < 4.78 is 6.90. The molecule has 0 saturated heterocycles. The first kappa shape index (κ1) is 15.0. The molecule has 0 aliphatic heterocycles. The summed E-state index contributed by atoms with van der Waals surface area (Å²) in [7, 11) is 0. The maximum Gasteiger partial charge on any atom is 0.219 e. The van der Waals surface area contributed by atoms with E-state index in [0.717, 1.165) is 34.6 Å². The molecule has 2 rings (SSSR count). The number of halogens is 1. The van der Waals surface area contributed by atoms with Crippen LogP contribution in [-0.4, -0.2) is 11.5 Å². The molecule has 0 aliphatic carbocycles. The Morgan fingerprint density at radius 2 is 2.00 bits per heavy atom. The fourth-order valence-electron chi connectivity index (χ4n) is 1.91. The van der Waals surface area contributed by atoms with Gasteiger partial charge in [0, 0.05) is 22.8 Å². The largest absolute Gasteiger partial charge is 0.439 e. The third-order valence-electron chi connectivity index (χ3n) is 3.09. The molecule has 1 aromatic carbocycles. The van der Waals surface area contributed by atoms with E-state index in [4.69, 9.17) is 4.74 Å². The van der Waals surface area contributed by atoms with E-state index in [1.165, 1.54) is 5.56 Å². The normalized spacial score (nSPS) is 10.6. The van der Waals surface area contributed by atoms with Crippen molar-refractivity contribution in [1.82, 2.24) is 10.3 Å². The Labute approximate surface area is 128 Å². The molecule has 1 heterocycles. The highest BCUT2D eigenvalue weighted by Gasteiger charge is 2.06. The van der Waals surface area contributed by atoms with Crippen molar-refractivity contribution in [2.75, 3.05) is 6.54 Å². The second-order valence-corrected chi connectivity index (χ2v) is 5.60. The van der Waals surface area contributed by atoms with E-state index in [2.05, 4.69) is 39.2 Å². The van der Waals surface area contributed by atoms with E-state index in [1.54, 1.807) is 0 Å². The smallest absolute Gasteiger partial charge is 0.219 e. The Bertz CT molecular complexity index is 599. The molecule has 0 saturated carbocycles. The Kier molecular flexibility index (Phi) is 5.15. The minimum atomic E-state index is 0.633. The van der Waals surface area contributed by atoms with E-state index in [1.807, 2.05) is 38.1 Å². The van der Waals surface area contributed by atoms with Crippen LogP contribution in [0.15, 0.2) is 34.8 Å². The molecule has 0 radical (unpaired) electrons. The summed E-state index contributed by atoms with van der Waals surface area (Å²) in [5.41, 5.74) is 3.28. The van der Waals surface area contributed by atoms with E-state index >= 15 is 0 Å².